The Morgan fingerprint density at radius 3 is 2.37 bits per heavy atom. The summed E-state index contributed by atoms with van der Waals surface area (Å²) in [6.45, 7) is 2.63. The van der Waals surface area contributed by atoms with Gasteiger partial charge in [-0.15, -0.1) is 0 Å². The molecule has 0 N–H and O–H groups in total. The highest BCUT2D eigenvalue weighted by molar-refractivity contribution is 9.10. The molecule has 2 aromatic rings. The number of halogens is 1. The summed E-state index contributed by atoms with van der Waals surface area (Å²) in [5, 5.41) is 0. The van der Waals surface area contributed by atoms with Crippen molar-refractivity contribution in [3.05, 3.63) is 70.2 Å². The molecule has 2 aromatic carbocycles. The standard InChI is InChI=1S/C17H15BrO/c1-2-19-17(15-9-11-16(18)12-10-15)13-8-14-6-4-3-5-7-14/h3-7,9-12,17H,2H2,1H3. The molecule has 0 fully saturated rings. The van der Waals surface area contributed by atoms with E-state index in [4.69, 9.17) is 4.74 Å². The van der Waals surface area contributed by atoms with E-state index in [0.717, 1.165) is 15.6 Å². The lowest BCUT2D eigenvalue weighted by Gasteiger charge is -2.11. The second kappa shape index (κ2) is 7.13. The summed E-state index contributed by atoms with van der Waals surface area (Å²) in [5.41, 5.74) is 2.08. The largest absolute Gasteiger partial charge is 0.361 e. The summed E-state index contributed by atoms with van der Waals surface area (Å²) in [6.07, 6.45) is -0.182. The van der Waals surface area contributed by atoms with E-state index in [2.05, 4.69) is 27.8 Å². The summed E-state index contributed by atoms with van der Waals surface area (Å²) in [7, 11) is 0. The van der Waals surface area contributed by atoms with E-state index >= 15 is 0 Å². The minimum absolute atomic E-state index is 0.182. The lowest BCUT2D eigenvalue weighted by molar-refractivity contribution is 0.103. The third kappa shape index (κ3) is 4.24. The number of benzene rings is 2. The normalized spacial score (nSPS) is 11.5. The fourth-order valence-electron chi connectivity index (χ4n) is 1.70. The first-order valence-corrected chi connectivity index (χ1v) is 7.02. The van der Waals surface area contributed by atoms with Crippen LogP contribution in [0.2, 0.25) is 0 Å². The van der Waals surface area contributed by atoms with E-state index in [-0.39, 0.29) is 6.10 Å². The smallest absolute Gasteiger partial charge is 0.143 e. The van der Waals surface area contributed by atoms with Crippen LogP contribution in [-0.4, -0.2) is 6.61 Å². The predicted octanol–water partition coefficient (Wildman–Crippen LogP) is 4.58. The van der Waals surface area contributed by atoms with Crippen molar-refractivity contribution in [1.82, 2.24) is 0 Å². The second-order valence-electron chi connectivity index (χ2n) is 4.02. The predicted molar refractivity (Wildman–Crippen MR) is 81.8 cm³/mol. The highest BCUT2D eigenvalue weighted by atomic mass is 79.9. The molecular weight excluding hydrogens is 300 g/mol. The van der Waals surface area contributed by atoms with Crippen LogP contribution in [0.15, 0.2) is 59.1 Å². The van der Waals surface area contributed by atoms with Gasteiger partial charge in [-0.25, -0.2) is 0 Å². The summed E-state index contributed by atoms with van der Waals surface area (Å²) in [6, 6.07) is 18.0. The molecule has 96 valence electrons. The molecule has 0 saturated carbocycles. The van der Waals surface area contributed by atoms with Gasteiger partial charge in [0.05, 0.1) is 0 Å². The average Bonchev–Trinajstić information content (AvgIpc) is 2.46. The Hall–Kier alpha value is -1.56. The first-order valence-electron chi connectivity index (χ1n) is 6.23. The Bertz CT molecular complexity index is 564. The maximum atomic E-state index is 5.70. The zero-order valence-corrected chi connectivity index (χ0v) is 12.4. The molecule has 0 radical (unpaired) electrons. The van der Waals surface area contributed by atoms with Crippen molar-refractivity contribution in [3.63, 3.8) is 0 Å². The molecule has 0 aliphatic carbocycles. The van der Waals surface area contributed by atoms with Crippen LogP contribution in [0.5, 0.6) is 0 Å². The lowest BCUT2D eigenvalue weighted by atomic mass is 10.1. The molecule has 0 heterocycles. The molecule has 0 amide bonds. The summed E-state index contributed by atoms with van der Waals surface area (Å²) < 4.78 is 6.76. The monoisotopic (exact) mass is 314 g/mol. The Labute approximate surface area is 122 Å². The Morgan fingerprint density at radius 1 is 1.05 bits per heavy atom. The van der Waals surface area contributed by atoms with Gasteiger partial charge in [0.2, 0.25) is 0 Å². The zero-order valence-electron chi connectivity index (χ0n) is 10.8. The van der Waals surface area contributed by atoms with Crippen LogP contribution in [0.25, 0.3) is 0 Å². The molecule has 0 saturated heterocycles. The molecule has 19 heavy (non-hydrogen) atoms. The van der Waals surface area contributed by atoms with Gasteiger partial charge in [0.1, 0.15) is 6.10 Å². The molecular formula is C17H15BrO. The fourth-order valence-corrected chi connectivity index (χ4v) is 1.96. The topological polar surface area (TPSA) is 9.23 Å². The maximum absolute atomic E-state index is 5.70. The molecule has 0 bridgehead atoms. The minimum atomic E-state index is -0.182. The van der Waals surface area contributed by atoms with Crippen LogP contribution < -0.4 is 0 Å². The lowest BCUT2D eigenvalue weighted by Crippen LogP contribution is -2.01. The van der Waals surface area contributed by atoms with Gasteiger partial charge < -0.3 is 4.74 Å². The molecule has 1 nitrogen and oxygen atoms in total. The fraction of sp³-hybridized carbons (Fsp3) is 0.176. The van der Waals surface area contributed by atoms with E-state index in [1.165, 1.54) is 0 Å². The first kappa shape index (κ1) is 13.9. The Balaban J connectivity index is 2.21. The molecule has 1 atom stereocenters. The Kier molecular flexibility index (Phi) is 5.20. The molecule has 0 aromatic heterocycles. The highest BCUT2D eigenvalue weighted by Gasteiger charge is 2.07. The van der Waals surface area contributed by atoms with Gasteiger partial charge in [0, 0.05) is 16.6 Å². The molecule has 0 aliphatic heterocycles. The van der Waals surface area contributed by atoms with Gasteiger partial charge in [-0.3, -0.25) is 0 Å². The molecule has 2 rings (SSSR count). The highest BCUT2D eigenvalue weighted by Crippen LogP contribution is 2.19. The van der Waals surface area contributed by atoms with Gasteiger partial charge in [-0.1, -0.05) is 58.1 Å². The van der Waals surface area contributed by atoms with E-state index < -0.39 is 0 Å². The van der Waals surface area contributed by atoms with Crippen molar-refractivity contribution in [2.45, 2.75) is 13.0 Å². The quantitative estimate of drug-likeness (QED) is 0.754. The van der Waals surface area contributed by atoms with E-state index in [1.807, 2.05) is 61.5 Å². The van der Waals surface area contributed by atoms with Crippen molar-refractivity contribution in [3.8, 4) is 11.8 Å². The average molecular weight is 315 g/mol. The molecule has 0 spiro atoms. The van der Waals surface area contributed by atoms with Crippen LogP contribution in [0.1, 0.15) is 24.2 Å². The van der Waals surface area contributed by atoms with Gasteiger partial charge in [0.15, 0.2) is 0 Å². The summed E-state index contributed by atoms with van der Waals surface area (Å²) in [5.74, 6) is 6.34. The van der Waals surface area contributed by atoms with Gasteiger partial charge in [-0.05, 0) is 36.8 Å². The van der Waals surface area contributed by atoms with Crippen molar-refractivity contribution < 1.29 is 4.74 Å². The van der Waals surface area contributed by atoms with Crippen molar-refractivity contribution in [2.24, 2.45) is 0 Å². The molecule has 2 heteroatoms. The van der Waals surface area contributed by atoms with Gasteiger partial charge >= 0.3 is 0 Å². The van der Waals surface area contributed by atoms with E-state index in [1.54, 1.807) is 0 Å². The third-order valence-corrected chi connectivity index (χ3v) is 3.16. The van der Waals surface area contributed by atoms with Crippen LogP contribution in [0.3, 0.4) is 0 Å². The van der Waals surface area contributed by atoms with Crippen molar-refractivity contribution in [2.75, 3.05) is 6.61 Å². The van der Waals surface area contributed by atoms with Crippen LogP contribution in [0.4, 0.5) is 0 Å². The van der Waals surface area contributed by atoms with E-state index in [9.17, 15) is 0 Å². The number of hydrogen-bond donors (Lipinski definition) is 0. The van der Waals surface area contributed by atoms with Crippen LogP contribution in [0, 0.1) is 11.8 Å². The van der Waals surface area contributed by atoms with Crippen LogP contribution >= 0.6 is 15.9 Å². The number of hydrogen-bond acceptors (Lipinski definition) is 1. The van der Waals surface area contributed by atoms with E-state index in [0.29, 0.717) is 6.61 Å². The van der Waals surface area contributed by atoms with Gasteiger partial charge in [-0.2, -0.15) is 0 Å². The second-order valence-corrected chi connectivity index (χ2v) is 4.94. The SMILES string of the molecule is CCOC(C#Cc1ccccc1)c1ccc(Br)cc1. The first-order chi connectivity index (χ1) is 9.29. The summed E-state index contributed by atoms with van der Waals surface area (Å²) >= 11 is 3.43. The number of ether oxygens (including phenoxy) is 1. The minimum Gasteiger partial charge on any atom is -0.361 e. The van der Waals surface area contributed by atoms with Gasteiger partial charge in [0.25, 0.3) is 0 Å². The maximum Gasteiger partial charge on any atom is 0.143 e. The molecule has 1 unspecified atom stereocenters. The zero-order chi connectivity index (χ0) is 13.5. The van der Waals surface area contributed by atoms with Crippen LogP contribution in [-0.2, 0) is 4.74 Å². The Morgan fingerprint density at radius 2 is 1.74 bits per heavy atom. The summed E-state index contributed by atoms with van der Waals surface area (Å²) in [4.78, 5) is 0. The third-order valence-electron chi connectivity index (χ3n) is 2.63. The number of rotatable bonds is 3. The van der Waals surface area contributed by atoms with Crippen molar-refractivity contribution in [1.29, 1.82) is 0 Å². The molecule has 0 aliphatic rings. The van der Waals surface area contributed by atoms with Crippen molar-refractivity contribution >= 4 is 15.9 Å².